The third-order valence-electron chi connectivity index (χ3n) is 5.00. The number of rotatable bonds is 5. The zero-order valence-electron chi connectivity index (χ0n) is 17.7. The third kappa shape index (κ3) is 4.73. The molecule has 162 valence electrons. The molecule has 1 heterocycles. The molecule has 0 spiro atoms. The first kappa shape index (κ1) is 22.8. The van der Waals surface area contributed by atoms with Crippen LogP contribution in [0.2, 0.25) is 5.02 Å². The van der Waals surface area contributed by atoms with Crippen molar-refractivity contribution in [2.75, 3.05) is 5.32 Å². The molecular formula is C23H23ClN2O4S. The molecule has 0 bridgehead atoms. The number of amides is 1. The Morgan fingerprint density at radius 3 is 2.23 bits per heavy atom. The number of aryl methyl sites for hydroxylation is 4. The fraction of sp³-hybridized carbons (Fsp3) is 0.217. The van der Waals surface area contributed by atoms with Gasteiger partial charge in [-0.15, -0.1) is 0 Å². The maximum atomic E-state index is 13.2. The molecule has 31 heavy (non-hydrogen) atoms. The van der Waals surface area contributed by atoms with E-state index in [1.54, 1.807) is 26.0 Å². The fourth-order valence-electron chi connectivity index (χ4n) is 3.45. The van der Waals surface area contributed by atoms with Crippen molar-refractivity contribution in [1.82, 2.24) is 4.57 Å². The molecule has 8 heteroatoms. The summed E-state index contributed by atoms with van der Waals surface area (Å²) in [6, 6.07) is 12.8. The average Bonchev–Trinajstić information content (AvgIpc) is 2.67. The topological polar surface area (TPSA) is 85.2 Å². The summed E-state index contributed by atoms with van der Waals surface area (Å²) in [6.07, 6.45) is 0. The quantitative estimate of drug-likeness (QED) is 0.620. The minimum atomic E-state index is -4.09. The number of nitrogens with one attached hydrogen (secondary N) is 1. The lowest BCUT2D eigenvalue weighted by Crippen LogP contribution is -2.33. The highest BCUT2D eigenvalue weighted by Crippen LogP contribution is 2.23. The molecule has 3 rings (SSSR count). The van der Waals surface area contributed by atoms with E-state index in [9.17, 15) is 18.0 Å². The van der Waals surface area contributed by atoms with Crippen molar-refractivity contribution < 1.29 is 13.2 Å². The standard InChI is InChI=1S/C23H23ClN2O4S/c1-14-5-10-20(15(2)11-14)25-21(27)13-26-17(4)12-16(3)22(23(26)28)31(29,30)19-8-6-18(24)7-9-19/h5-12H,13H2,1-4H3,(H,25,27). The number of benzene rings is 2. The highest BCUT2D eigenvalue weighted by molar-refractivity contribution is 7.91. The fourth-order valence-corrected chi connectivity index (χ4v) is 5.13. The van der Waals surface area contributed by atoms with Gasteiger partial charge in [-0.25, -0.2) is 8.42 Å². The molecule has 0 aliphatic rings. The highest BCUT2D eigenvalue weighted by atomic mass is 35.5. The van der Waals surface area contributed by atoms with Crippen molar-refractivity contribution in [3.63, 3.8) is 0 Å². The van der Waals surface area contributed by atoms with E-state index >= 15 is 0 Å². The first-order chi connectivity index (χ1) is 14.5. The molecule has 1 amide bonds. The number of sulfone groups is 1. The van der Waals surface area contributed by atoms with E-state index in [0.717, 1.165) is 11.1 Å². The molecule has 1 aromatic heterocycles. The van der Waals surface area contributed by atoms with Crippen molar-refractivity contribution >= 4 is 33.0 Å². The number of halogens is 1. The molecule has 0 aliphatic carbocycles. The third-order valence-corrected chi connectivity index (χ3v) is 7.18. The Kier molecular flexibility index (Phi) is 6.38. The van der Waals surface area contributed by atoms with E-state index in [-0.39, 0.29) is 16.3 Å². The SMILES string of the molecule is Cc1ccc(NC(=O)Cn2c(C)cc(C)c(S(=O)(=O)c3ccc(Cl)cc3)c2=O)c(C)c1. The second-order valence-electron chi connectivity index (χ2n) is 7.51. The molecule has 0 saturated carbocycles. The minimum absolute atomic E-state index is 0.0350. The summed E-state index contributed by atoms with van der Waals surface area (Å²) in [5.41, 5.74) is 2.69. The predicted molar refractivity (Wildman–Crippen MR) is 122 cm³/mol. The van der Waals surface area contributed by atoms with Gasteiger partial charge >= 0.3 is 0 Å². The van der Waals surface area contributed by atoms with E-state index < -0.39 is 21.3 Å². The minimum Gasteiger partial charge on any atom is -0.324 e. The van der Waals surface area contributed by atoms with Crippen LogP contribution in [-0.4, -0.2) is 18.9 Å². The van der Waals surface area contributed by atoms with Crippen LogP contribution < -0.4 is 10.9 Å². The Bertz CT molecular complexity index is 1330. The first-order valence-corrected chi connectivity index (χ1v) is 11.5. The summed E-state index contributed by atoms with van der Waals surface area (Å²) in [5.74, 6) is -0.421. The van der Waals surface area contributed by atoms with Gasteiger partial charge in [-0.1, -0.05) is 29.3 Å². The number of carbonyl (C=O) groups excluding carboxylic acids is 1. The molecule has 1 N–H and O–H groups in total. The molecule has 0 fully saturated rings. The van der Waals surface area contributed by atoms with Crippen LogP contribution in [0.1, 0.15) is 22.4 Å². The first-order valence-electron chi connectivity index (χ1n) is 9.59. The Morgan fingerprint density at radius 2 is 1.61 bits per heavy atom. The van der Waals surface area contributed by atoms with E-state index in [1.165, 1.54) is 28.8 Å². The van der Waals surface area contributed by atoms with Gasteiger partial charge in [-0.05, 0) is 75.2 Å². The van der Waals surface area contributed by atoms with Crippen LogP contribution in [0.25, 0.3) is 0 Å². The van der Waals surface area contributed by atoms with Crippen LogP contribution in [0.3, 0.4) is 0 Å². The molecule has 0 atom stereocenters. The predicted octanol–water partition coefficient (Wildman–Crippen LogP) is 4.21. The van der Waals surface area contributed by atoms with Crippen LogP contribution >= 0.6 is 11.6 Å². The van der Waals surface area contributed by atoms with Crippen molar-refractivity contribution in [2.24, 2.45) is 0 Å². The Labute approximate surface area is 186 Å². The van der Waals surface area contributed by atoms with Gasteiger partial charge < -0.3 is 9.88 Å². The van der Waals surface area contributed by atoms with Gasteiger partial charge in [0.05, 0.1) is 4.90 Å². The molecule has 0 saturated heterocycles. The van der Waals surface area contributed by atoms with Crippen molar-refractivity contribution in [1.29, 1.82) is 0 Å². The molecule has 2 aromatic carbocycles. The van der Waals surface area contributed by atoms with Crippen molar-refractivity contribution in [3.05, 3.63) is 86.3 Å². The lowest BCUT2D eigenvalue weighted by atomic mass is 10.1. The second-order valence-corrected chi connectivity index (χ2v) is 9.84. The van der Waals surface area contributed by atoms with Crippen LogP contribution in [0, 0.1) is 27.7 Å². The number of pyridine rings is 1. The number of hydrogen-bond acceptors (Lipinski definition) is 4. The number of hydrogen-bond donors (Lipinski definition) is 1. The van der Waals surface area contributed by atoms with E-state index in [4.69, 9.17) is 11.6 Å². The number of anilines is 1. The maximum absolute atomic E-state index is 13.2. The smallest absolute Gasteiger partial charge is 0.270 e. The highest BCUT2D eigenvalue weighted by Gasteiger charge is 2.26. The van der Waals surface area contributed by atoms with Crippen molar-refractivity contribution in [3.8, 4) is 0 Å². The van der Waals surface area contributed by atoms with Gasteiger partial charge in [0, 0.05) is 16.4 Å². The zero-order valence-corrected chi connectivity index (χ0v) is 19.3. The normalized spacial score (nSPS) is 11.4. The monoisotopic (exact) mass is 458 g/mol. The van der Waals surface area contributed by atoms with E-state index in [1.807, 2.05) is 26.0 Å². The summed E-state index contributed by atoms with van der Waals surface area (Å²) in [7, 11) is -4.09. The summed E-state index contributed by atoms with van der Waals surface area (Å²) in [6.45, 7) is 6.76. The maximum Gasteiger partial charge on any atom is 0.270 e. The molecule has 3 aromatic rings. The Hall–Kier alpha value is -2.90. The summed E-state index contributed by atoms with van der Waals surface area (Å²) in [5, 5.41) is 3.18. The van der Waals surface area contributed by atoms with Gasteiger partial charge in [0.2, 0.25) is 15.7 Å². The summed E-state index contributed by atoms with van der Waals surface area (Å²) >= 11 is 5.85. The lowest BCUT2D eigenvalue weighted by Gasteiger charge is -2.15. The zero-order chi connectivity index (χ0) is 22.9. The summed E-state index contributed by atoms with van der Waals surface area (Å²) in [4.78, 5) is 25.4. The van der Waals surface area contributed by atoms with Gasteiger partial charge in [-0.2, -0.15) is 0 Å². The largest absolute Gasteiger partial charge is 0.324 e. The number of aromatic nitrogens is 1. The van der Waals surface area contributed by atoms with E-state index in [2.05, 4.69) is 5.32 Å². The van der Waals surface area contributed by atoms with Gasteiger partial charge in [0.1, 0.15) is 11.4 Å². The lowest BCUT2D eigenvalue weighted by molar-refractivity contribution is -0.116. The molecule has 0 radical (unpaired) electrons. The van der Waals surface area contributed by atoms with Crippen LogP contribution in [-0.2, 0) is 21.2 Å². The average molecular weight is 459 g/mol. The summed E-state index contributed by atoms with van der Waals surface area (Å²) < 4.78 is 27.5. The van der Waals surface area contributed by atoms with Crippen LogP contribution in [0.15, 0.2) is 63.1 Å². The van der Waals surface area contributed by atoms with Gasteiger partial charge in [0.15, 0.2) is 0 Å². The molecule has 0 unspecified atom stereocenters. The van der Waals surface area contributed by atoms with Crippen molar-refractivity contribution in [2.45, 2.75) is 44.0 Å². The van der Waals surface area contributed by atoms with Crippen LogP contribution in [0.5, 0.6) is 0 Å². The van der Waals surface area contributed by atoms with Gasteiger partial charge in [-0.3, -0.25) is 9.59 Å². The molecular weight excluding hydrogens is 436 g/mol. The second kappa shape index (κ2) is 8.69. The van der Waals surface area contributed by atoms with E-state index in [0.29, 0.717) is 22.0 Å². The Morgan fingerprint density at radius 1 is 0.968 bits per heavy atom. The van der Waals surface area contributed by atoms with Gasteiger partial charge in [0.25, 0.3) is 5.56 Å². The number of carbonyl (C=O) groups is 1. The molecule has 0 aliphatic heterocycles. The van der Waals surface area contributed by atoms with Crippen LogP contribution in [0.4, 0.5) is 5.69 Å². The molecule has 6 nitrogen and oxygen atoms in total. The number of nitrogens with zero attached hydrogens (tertiary/aromatic N) is 1. The Balaban J connectivity index is 2.00.